The van der Waals surface area contributed by atoms with Crippen molar-refractivity contribution in [1.29, 1.82) is 0 Å². The van der Waals surface area contributed by atoms with Crippen molar-refractivity contribution in [1.82, 2.24) is 4.72 Å². The van der Waals surface area contributed by atoms with Gasteiger partial charge in [-0.1, -0.05) is 58.1 Å². The first kappa shape index (κ1) is 23.4. The molecule has 30 heavy (non-hydrogen) atoms. The van der Waals surface area contributed by atoms with Gasteiger partial charge in [-0.25, -0.2) is 8.42 Å². The van der Waals surface area contributed by atoms with Gasteiger partial charge in [0.1, 0.15) is 0 Å². The van der Waals surface area contributed by atoms with Crippen LogP contribution in [0.3, 0.4) is 0 Å². The molecule has 0 aromatic carbocycles. The number of aliphatic carboxylic acids is 1. The first-order chi connectivity index (χ1) is 14.2. The lowest BCUT2D eigenvalue weighted by Crippen LogP contribution is -2.51. The fourth-order valence-electron chi connectivity index (χ4n) is 5.65. The second kappa shape index (κ2) is 9.88. The summed E-state index contributed by atoms with van der Waals surface area (Å²) in [7, 11) is -3.30. The molecule has 0 radical (unpaired) electrons. The standard InChI is InChI=1S/C24H39NO4S/c1-24(2)19-16-21(24)20(12-8-3-4-9-13-23(26)27)22(17-19)25-30(28,29)15-14-18-10-6-5-7-11-18/h3,8,18-19,21,25H,4-7,9-17H2,1-2H3,(H,26,27). The minimum Gasteiger partial charge on any atom is -0.481 e. The van der Waals surface area contributed by atoms with Gasteiger partial charge in [0.05, 0.1) is 5.75 Å². The van der Waals surface area contributed by atoms with Gasteiger partial charge in [0.25, 0.3) is 0 Å². The zero-order valence-electron chi connectivity index (χ0n) is 18.7. The maximum atomic E-state index is 12.8. The predicted octanol–water partition coefficient (Wildman–Crippen LogP) is 5.40. The first-order valence-corrected chi connectivity index (χ1v) is 13.4. The van der Waals surface area contributed by atoms with Crippen molar-refractivity contribution < 1.29 is 18.3 Å². The third-order valence-corrected chi connectivity index (χ3v) is 9.12. The molecule has 2 N–H and O–H groups in total. The van der Waals surface area contributed by atoms with E-state index in [1.807, 2.05) is 6.08 Å². The van der Waals surface area contributed by atoms with Crippen LogP contribution in [-0.2, 0) is 14.8 Å². The molecule has 170 valence electrons. The van der Waals surface area contributed by atoms with Crippen LogP contribution in [0.1, 0.15) is 90.9 Å². The van der Waals surface area contributed by atoms with Gasteiger partial charge in [-0.3, -0.25) is 9.52 Å². The molecule has 2 bridgehead atoms. The zero-order chi connectivity index (χ0) is 21.8. The number of rotatable bonds is 11. The van der Waals surface area contributed by atoms with E-state index in [2.05, 4.69) is 24.6 Å². The maximum Gasteiger partial charge on any atom is 0.303 e. The molecule has 0 aromatic rings. The average molecular weight is 438 g/mol. The Morgan fingerprint density at radius 2 is 1.93 bits per heavy atom. The van der Waals surface area contributed by atoms with E-state index in [1.54, 1.807) is 0 Å². The lowest BCUT2D eigenvalue weighted by molar-refractivity contribution is -0.137. The Hall–Kier alpha value is -1.30. The molecule has 2 saturated carbocycles. The number of carbonyl (C=O) groups is 1. The third-order valence-electron chi connectivity index (χ3n) is 7.79. The quantitative estimate of drug-likeness (QED) is 0.335. The fourth-order valence-corrected chi connectivity index (χ4v) is 6.99. The molecule has 4 aliphatic rings. The SMILES string of the molecule is CC1(C)C2CC(NS(=O)(=O)CCC3CCCCC3)=C(CC=CCCCC(=O)O)C1C2. The molecule has 2 atom stereocenters. The summed E-state index contributed by atoms with van der Waals surface area (Å²) in [5.74, 6) is 1.04. The van der Waals surface area contributed by atoms with E-state index in [0.29, 0.717) is 24.2 Å². The van der Waals surface area contributed by atoms with Crippen LogP contribution >= 0.6 is 0 Å². The van der Waals surface area contributed by atoms with Crippen molar-refractivity contribution in [2.75, 3.05) is 5.75 Å². The fraction of sp³-hybridized carbons (Fsp3) is 0.792. The van der Waals surface area contributed by atoms with Gasteiger partial charge in [-0.05, 0) is 67.3 Å². The number of hydrogen-bond donors (Lipinski definition) is 2. The number of sulfonamides is 1. The summed E-state index contributed by atoms with van der Waals surface area (Å²) in [6, 6.07) is 0. The van der Waals surface area contributed by atoms with Crippen LogP contribution in [0.5, 0.6) is 0 Å². The van der Waals surface area contributed by atoms with E-state index < -0.39 is 16.0 Å². The highest BCUT2D eigenvalue weighted by molar-refractivity contribution is 7.89. The molecule has 5 nitrogen and oxygen atoms in total. The first-order valence-electron chi connectivity index (χ1n) is 11.8. The summed E-state index contributed by atoms with van der Waals surface area (Å²) >= 11 is 0. The molecule has 0 saturated heterocycles. The topological polar surface area (TPSA) is 83.5 Å². The van der Waals surface area contributed by atoms with Crippen LogP contribution in [-0.4, -0.2) is 25.2 Å². The molecule has 0 spiro atoms. The molecule has 0 heterocycles. The Kier molecular flexibility index (Phi) is 7.70. The second-order valence-corrected chi connectivity index (χ2v) is 12.0. The van der Waals surface area contributed by atoms with Crippen molar-refractivity contribution in [2.45, 2.75) is 90.9 Å². The Labute approximate surface area is 182 Å². The number of allylic oxidation sites excluding steroid dienone is 4. The normalized spacial score (nSPS) is 26.6. The maximum absolute atomic E-state index is 12.8. The van der Waals surface area contributed by atoms with Gasteiger partial charge in [0.15, 0.2) is 0 Å². The monoisotopic (exact) mass is 437 g/mol. The summed E-state index contributed by atoms with van der Waals surface area (Å²) in [6.07, 6.45) is 15.4. The Morgan fingerprint density at radius 1 is 1.20 bits per heavy atom. The van der Waals surface area contributed by atoms with Crippen molar-refractivity contribution in [3.8, 4) is 0 Å². The molecule has 6 heteroatoms. The van der Waals surface area contributed by atoms with Crippen LogP contribution < -0.4 is 4.72 Å². The Balaban J connectivity index is 1.62. The highest BCUT2D eigenvalue weighted by Crippen LogP contribution is 2.61. The van der Waals surface area contributed by atoms with Crippen molar-refractivity contribution in [2.24, 2.45) is 23.2 Å². The lowest BCUT2D eigenvalue weighted by atomic mass is 9.48. The summed E-state index contributed by atoms with van der Waals surface area (Å²) in [5, 5.41) is 8.74. The lowest BCUT2D eigenvalue weighted by Gasteiger charge is -2.58. The van der Waals surface area contributed by atoms with Crippen molar-refractivity contribution in [3.63, 3.8) is 0 Å². The Bertz CT molecular complexity index is 775. The highest BCUT2D eigenvalue weighted by Gasteiger charge is 2.53. The minimum absolute atomic E-state index is 0.191. The number of carboxylic acids is 1. The van der Waals surface area contributed by atoms with Gasteiger partial charge in [0, 0.05) is 12.1 Å². The number of carboxylic acid groups (broad SMARTS) is 1. The van der Waals surface area contributed by atoms with E-state index in [-0.39, 0.29) is 17.6 Å². The molecule has 4 aliphatic carbocycles. The zero-order valence-corrected chi connectivity index (χ0v) is 19.5. The molecular weight excluding hydrogens is 398 g/mol. The number of hydrogen-bond acceptors (Lipinski definition) is 3. The van der Waals surface area contributed by atoms with Gasteiger partial charge in [-0.2, -0.15) is 0 Å². The minimum atomic E-state index is -3.30. The summed E-state index contributed by atoms with van der Waals surface area (Å²) < 4.78 is 28.7. The molecule has 2 fully saturated rings. The molecular formula is C24H39NO4S. The summed E-state index contributed by atoms with van der Waals surface area (Å²) in [4.78, 5) is 10.6. The predicted molar refractivity (Wildman–Crippen MR) is 120 cm³/mol. The summed E-state index contributed by atoms with van der Waals surface area (Å²) in [6.45, 7) is 4.60. The van der Waals surface area contributed by atoms with E-state index in [9.17, 15) is 13.2 Å². The van der Waals surface area contributed by atoms with Crippen molar-refractivity contribution in [3.05, 3.63) is 23.4 Å². The molecule has 2 unspecified atom stereocenters. The number of unbranched alkanes of at least 4 members (excludes halogenated alkanes) is 1. The Morgan fingerprint density at radius 3 is 2.60 bits per heavy atom. The molecule has 0 aromatic heterocycles. The molecule has 0 amide bonds. The van der Waals surface area contributed by atoms with Gasteiger partial charge in [0.2, 0.25) is 10.0 Å². The molecule has 4 rings (SSSR count). The van der Waals surface area contributed by atoms with Crippen LogP contribution in [0.2, 0.25) is 0 Å². The van der Waals surface area contributed by atoms with E-state index in [4.69, 9.17) is 5.11 Å². The number of nitrogens with one attached hydrogen (secondary N) is 1. The van der Waals surface area contributed by atoms with E-state index in [0.717, 1.165) is 37.8 Å². The van der Waals surface area contributed by atoms with E-state index in [1.165, 1.54) is 37.7 Å². The van der Waals surface area contributed by atoms with Gasteiger partial charge >= 0.3 is 5.97 Å². The van der Waals surface area contributed by atoms with Crippen LogP contribution in [0.15, 0.2) is 23.4 Å². The summed E-state index contributed by atoms with van der Waals surface area (Å²) in [5.41, 5.74) is 2.43. The molecule has 0 aliphatic heterocycles. The van der Waals surface area contributed by atoms with Crippen LogP contribution in [0, 0.1) is 23.2 Å². The largest absolute Gasteiger partial charge is 0.481 e. The van der Waals surface area contributed by atoms with Gasteiger partial charge < -0.3 is 5.11 Å². The smallest absolute Gasteiger partial charge is 0.303 e. The van der Waals surface area contributed by atoms with Crippen LogP contribution in [0.25, 0.3) is 0 Å². The van der Waals surface area contributed by atoms with Crippen molar-refractivity contribution >= 4 is 16.0 Å². The third kappa shape index (κ3) is 5.89. The second-order valence-electron chi connectivity index (χ2n) is 10.2. The average Bonchev–Trinajstić information content (AvgIpc) is 2.70. The highest BCUT2D eigenvalue weighted by atomic mass is 32.2. The van der Waals surface area contributed by atoms with E-state index >= 15 is 0 Å². The van der Waals surface area contributed by atoms with Gasteiger partial charge in [-0.15, -0.1) is 0 Å². The number of fused-ring (bicyclic) bond motifs is 1. The van der Waals surface area contributed by atoms with Crippen LogP contribution in [0.4, 0.5) is 0 Å².